The van der Waals surface area contributed by atoms with Gasteiger partial charge in [0, 0.05) is 18.8 Å². The predicted molar refractivity (Wildman–Crippen MR) is 65.5 cm³/mol. The SMILES string of the molecule is O=C(c1ccc(Cl)c(C(F)(F)F)n1)C1CCC(F)(F)CC1. The summed E-state index contributed by atoms with van der Waals surface area (Å²) in [6.45, 7) is 0. The Kier molecular flexibility index (Phi) is 4.24. The van der Waals surface area contributed by atoms with Crippen molar-refractivity contribution in [1.29, 1.82) is 0 Å². The summed E-state index contributed by atoms with van der Waals surface area (Å²) in [5.74, 6) is -4.17. The molecule has 1 aliphatic carbocycles. The highest BCUT2D eigenvalue weighted by molar-refractivity contribution is 6.31. The average Bonchev–Trinajstić information content (AvgIpc) is 2.37. The van der Waals surface area contributed by atoms with E-state index >= 15 is 0 Å². The Morgan fingerprint density at radius 2 is 1.81 bits per heavy atom. The molecule has 0 bridgehead atoms. The maximum atomic E-state index is 13.0. The van der Waals surface area contributed by atoms with Crippen LogP contribution in [0.3, 0.4) is 0 Å². The van der Waals surface area contributed by atoms with Crippen molar-refractivity contribution in [3.05, 3.63) is 28.5 Å². The van der Waals surface area contributed by atoms with Crippen LogP contribution in [0.15, 0.2) is 12.1 Å². The fourth-order valence-corrected chi connectivity index (χ4v) is 2.50. The highest BCUT2D eigenvalue weighted by Crippen LogP contribution is 2.38. The van der Waals surface area contributed by atoms with E-state index in [4.69, 9.17) is 11.6 Å². The molecule has 0 atom stereocenters. The van der Waals surface area contributed by atoms with Gasteiger partial charge in [0.25, 0.3) is 0 Å². The van der Waals surface area contributed by atoms with Gasteiger partial charge in [0.1, 0.15) is 5.69 Å². The van der Waals surface area contributed by atoms with Crippen molar-refractivity contribution in [2.45, 2.75) is 37.8 Å². The zero-order valence-electron chi connectivity index (χ0n) is 10.7. The second-order valence-corrected chi connectivity index (χ2v) is 5.43. The second kappa shape index (κ2) is 5.51. The van der Waals surface area contributed by atoms with Gasteiger partial charge in [-0.1, -0.05) is 11.6 Å². The van der Waals surface area contributed by atoms with Crippen molar-refractivity contribution in [3.63, 3.8) is 0 Å². The Morgan fingerprint density at radius 3 is 2.33 bits per heavy atom. The van der Waals surface area contributed by atoms with E-state index in [0.717, 1.165) is 12.1 Å². The fourth-order valence-electron chi connectivity index (χ4n) is 2.29. The summed E-state index contributed by atoms with van der Waals surface area (Å²) in [5.41, 5.74) is -1.72. The van der Waals surface area contributed by atoms with Crippen LogP contribution in [-0.4, -0.2) is 16.7 Å². The molecule has 1 heterocycles. The molecule has 1 aromatic heterocycles. The lowest BCUT2D eigenvalue weighted by molar-refractivity contribution is -0.141. The van der Waals surface area contributed by atoms with Crippen molar-refractivity contribution in [1.82, 2.24) is 4.98 Å². The zero-order valence-corrected chi connectivity index (χ0v) is 11.4. The van der Waals surface area contributed by atoms with Crippen LogP contribution in [0, 0.1) is 5.92 Å². The van der Waals surface area contributed by atoms with Crippen molar-refractivity contribution >= 4 is 17.4 Å². The quantitative estimate of drug-likeness (QED) is 0.579. The Balaban J connectivity index is 2.21. The summed E-state index contributed by atoms with van der Waals surface area (Å²) >= 11 is 5.42. The van der Waals surface area contributed by atoms with Crippen molar-refractivity contribution in [2.75, 3.05) is 0 Å². The topological polar surface area (TPSA) is 30.0 Å². The van der Waals surface area contributed by atoms with E-state index in [1.165, 1.54) is 0 Å². The molecule has 8 heteroatoms. The highest BCUT2D eigenvalue weighted by atomic mass is 35.5. The third-order valence-corrected chi connectivity index (χ3v) is 3.76. The molecule has 0 aliphatic heterocycles. The molecule has 0 aromatic carbocycles. The van der Waals surface area contributed by atoms with Crippen LogP contribution in [0.1, 0.15) is 41.9 Å². The van der Waals surface area contributed by atoms with Crippen LogP contribution in [0.5, 0.6) is 0 Å². The summed E-state index contributed by atoms with van der Waals surface area (Å²) in [4.78, 5) is 15.3. The standard InChI is InChI=1S/C13H11ClF5NO/c14-8-1-2-9(20-11(8)13(17,18)19)10(21)7-3-5-12(15,16)6-4-7/h1-2,7H,3-6H2. The average molecular weight is 328 g/mol. The van der Waals surface area contributed by atoms with Gasteiger partial charge < -0.3 is 0 Å². The molecule has 116 valence electrons. The Labute approximate surface area is 122 Å². The summed E-state index contributed by atoms with van der Waals surface area (Å²) in [6.07, 6.45) is -5.77. The second-order valence-electron chi connectivity index (χ2n) is 5.02. The van der Waals surface area contributed by atoms with Crippen molar-refractivity contribution in [3.8, 4) is 0 Å². The van der Waals surface area contributed by atoms with Gasteiger partial charge in [0.2, 0.25) is 5.92 Å². The molecule has 0 radical (unpaired) electrons. The minimum atomic E-state index is -4.77. The monoisotopic (exact) mass is 327 g/mol. The van der Waals surface area contributed by atoms with E-state index in [0.29, 0.717) is 0 Å². The number of nitrogens with zero attached hydrogens (tertiary/aromatic N) is 1. The Bertz CT molecular complexity index is 548. The van der Waals surface area contributed by atoms with Crippen LogP contribution >= 0.6 is 11.6 Å². The molecule has 0 amide bonds. The molecule has 0 N–H and O–H groups in total. The number of alkyl halides is 5. The molecule has 2 rings (SSSR count). The Hall–Kier alpha value is -1.24. The number of carbonyl (C=O) groups is 1. The summed E-state index contributed by atoms with van der Waals surface area (Å²) in [5, 5.41) is -0.603. The van der Waals surface area contributed by atoms with Gasteiger partial charge in [-0.25, -0.2) is 13.8 Å². The van der Waals surface area contributed by atoms with Gasteiger partial charge in [-0.2, -0.15) is 13.2 Å². The number of aromatic nitrogens is 1. The molecule has 1 aliphatic rings. The first-order chi connectivity index (χ1) is 9.60. The molecule has 0 spiro atoms. The van der Waals surface area contributed by atoms with Crippen LogP contribution in [0.2, 0.25) is 5.02 Å². The number of hydrogen-bond acceptors (Lipinski definition) is 2. The first-order valence-electron chi connectivity index (χ1n) is 6.26. The van der Waals surface area contributed by atoms with Crippen LogP contribution < -0.4 is 0 Å². The molecule has 0 unspecified atom stereocenters. The van der Waals surface area contributed by atoms with E-state index in [2.05, 4.69) is 4.98 Å². The summed E-state index contributed by atoms with van der Waals surface area (Å²) < 4.78 is 64.1. The Morgan fingerprint density at radius 1 is 1.24 bits per heavy atom. The van der Waals surface area contributed by atoms with E-state index in [1.54, 1.807) is 0 Å². The molecular formula is C13H11ClF5NO. The third kappa shape index (κ3) is 3.70. The zero-order chi connectivity index (χ0) is 15.8. The number of hydrogen-bond donors (Lipinski definition) is 0. The largest absolute Gasteiger partial charge is 0.434 e. The van der Waals surface area contributed by atoms with E-state index < -0.39 is 47.4 Å². The third-order valence-electron chi connectivity index (χ3n) is 3.45. The summed E-state index contributed by atoms with van der Waals surface area (Å²) in [7, 11) is 0. The first-order valence-corrected chi connectivity index (χ1v) is 6.64. The van der Waals surface area contributed by atoms with Crippen LogP contribution in [-0.2, 0) is 6.18 Å². The van der Waals surface area contributed by atoms with Crippen molar-refractivity contribution < 1.29 is 26.7 Å². The number of halogens is 6. The maximum absolute atomic E-state index is 13.0. The van der Waals surface area contributed by atoms with Gasteiger partial charge in [0.05, 0.1) is 5.02 Å². The van der Waals surface area contributed by atoms with Crippen LogP contribution in [0.4, 0.5) is 22.0 Å². The summed E-state index contributed by atoms with van der Waals surface area (Å²) in [6, 6.07) is 2.04. The van der Waals surface area contributed by atoms with Gasteiger partial charge in [-0.05, 0) is 25.0 Å². The first kappa shape index (κ1) is 16.1. The molecule has 0 saturated heterocycles. The lowest BCUT2D eigenvalue weighted by Crippen LogP contribution is -2.29. The van der Waals surface area contributed by atoms with Gasteiger partial charge >= 0.3 is 6.18 Å². The highest BCUT2D eigenvalue weighted by Gasteiger charge is 2.39. The van der Waals surface area contributed by atoms with E-state index in [1.807, 2.05) is 0 Å². The lowest BCUT2D eigenvalue weighted by atomic mass is 9.83. The maximum Gasteiger partial charge on any atom is 0.434 e. The number of carbonyl (C=O) groups excluding carboxylic acids is 1. The normalized spacial score (nSPS) is 19.5. The molecule has 2 nitrogen and oxygen atoms in total. The van der Waals surface area contributed by atoms with Gasteiger partial charge in [-0.15, -0.1) is 0 Å². The van der Waals surface area contributed by atoms with E-state index in [-0.39, 0.29) is 18.5 Å². The number of ketones is 1. The number of pyridine rings is 1. The molecule has 1 aromatic rings. The van der Waals surface area contributed by atoms with Crippen LogP contribution in [0.25, 0.3) is 0 Å². The minimum absolute atomic E-state index is 0.0580. The predicted octanol–water partition coefficient (Wildman–Crippen LogP) is 4.76. The molecule has 1 fully saturated rings. The van der Waals surface area contributed by atoms with Crippen molar-refractivity contribution in [2.24, 2.45) is 5.92 Å². The minimum Gasteiger partial charge on any atom is -0.292 e. The number of rotatable bonds is 2. The van der Waals surface area contributed by atoms with E-state index in [9.17, 15) is 26.7 Å². The fraction of sp³-hybridized carbons (Fsp3) is 0.538. The molecular weight excluding hydrogens is 317 g/mol. The smallest absolute Gasteiger partial charge is 0.292 e. The van der Waals surface area contributed by atoms with Gasteiger partial charge in [0.15, 0.2) is 11.5 Å². The van der Waals surface area contributed by atoms with Gasteiger partial charge in [-0.3, -0.25) is 4.79 Å². The number of Topliss-reactive ketones (excluding diaryl/α,β-unsaturated/α-hetero) is 1. The lowest BCUT2D eigenvalue weighted by Gasteiger charge is -2.27. The molecule has 21 heavy (non-hydrogen) atoms. The molecule has 1 saturated carbocycles.